The lowest BCUT2D eigenvalue weighted by Gasteiger charge is -2.42. The van der Waals surface area contributed by atoms with Crippen LogP contribution in [0.2, 0.25) is 0 Å². The molecule has 0 N–H and O–H groups in total. The minimum Gasteiger partial charge on any atom is -0.490 e. The van der Waals surface area contributed by atoms with Gasteiger partial charge < -0.3 is 28.9 Å². The number of carbonyl (C=O) groups is 2. The molecule has 3 aliphatic heterocycles. The van der Waals surface area contributed by atoms with Crippen molar-refractivity contribution in [1.29, 1.82) is 0 Å². The van der Waals surface area contributed by atoms with E-state index in [2.05, 4.69) is 25.1 Å². The van der Waals surface area contributed by atoms with Gasteiger partial charge in [0.25, 0.3) is 11.8 Å². The third-order valence-corrected chi connectivity index (χ3v) is 9.49. The third kappa shape index (κ3) is 9.65. The monoisotopic (exact) mass is 758 g/mol. The number of anilines is 1. The van der Waals surface area contributed by atoms with Crippen LogP contribution in [-0.4, -0.2) is 117 Å². The van der Waals surface area contributed by atoms with Crippen molar-refractivity contribution in [3.05, 3.63) is 59.4 Å². The fourth-order valence-electron chi connectivity index (χ4n) is 6.87. The Kier molecular flexibility index (Phi) is 11.5. The summed E-state index contributed by atoms with van der Waals surface area (Å²) in [6, 6.07) is 4.15. The molecule has 0 saturated carbocycles. The van der Waals surface area contributed by atoms with Crippen LogP contribution >= 0.6 is 0 Å². The van der Waals surface area contributed by atoms with Gasteiger partial charge in [-0.25, -0.2) is 14.2 Å². The van der Waals surface area contributed by atoms with Crippen LogP contribution in [0, 0.1) is 11.7 Å². The van der Waals surface area contributed by atoms with Crippen LogP contribution in [0.1, 0.15) is 69.1 Å². The van der Waals surface area contributed by atoms with Gasteiger partial charge >= 0.3 is 12.3 Å². The summed E-state index contributed by atoms with van der Waals surface area (Å²) in [6.45, 7) is 11.8. The Bertz CT molecular complexity index is 1810. The van der Waals surface area contributed by atoms with Crippen LogP contribution < -0.4 is 14.4 Å². The highest BCUT2D eigenvalue weighted by Gasteiger charge is 2.37. The van der Waals surface area contributed by atoms with Gasteiger partial charge in [0.2, 0.25) is 0 Å². The molecule has 0 unspecified atom stereocenters. The minimum absolute atomic E-state index is 0.0755. The SMILES string of the molecule is CC(C)N(CC(F)(F)F)C(=O)c1cc(F)ccc1Oc1nncnc1N1CCC(Oc2ccnc3c2CN(CC2CN(C(=O)OC(C)(C)C)C2)CC3)CC1. The molecule has 3 aliphatic rings. The molecule has 2 fully saturated rings. The topological polar surface area (TPSA) is 126 Å². The number of ether oxygens (including phenoxy) is 3. The molecule has 5 heterocycles. The van der Waals surface area contributed by atoms with Crippen molar-refractivity contribution in [2.24, 2.45) is 5.92 Å². The van der Waals surface area contributed by atoms with E-state index in [-0.39, 0.29) is 29.4 Å². The van der Waals surface area contributed by atoms with Crippen molar-refractivity contribution in [1.82, 2.24) is 34.9 Å². The number of rotatable bonds is 10. The van der Waals surface area contributed by atoms with Gasteiger partial charge in [-0.1, -0.05) is 0 Å². The predicted octanol–water partition coefficient (Wildman–Crippen LogP) is 5.88. The van der Waals surface area contributed by atoms with Gasteiger partial charge in [-0.3, -0.25) is 14.7 Å². The highest BCUT2D eigenvalue weighted by atomic mass is 19.4. The van der Waals surface area contributed by atoms with Crippen molar-refractivity contribution >= 4 is 17.8 Å². The van der Waals surface area contributed by atoms with E-state index in [9.17, 15) is 27.2 Å². The number of pyridine rings is 1. The Labute approximate surface area is 311 Å². The Morgan fingerprint density at radius 2 is 1.76 bits per heavy atom. The van der Waals surface area contributed by atoms with E-state index in [4.69, 9.17) is 14.2 Å². The van der Waals surface area contributed by atoms with Gasteiger partial charge in [0.1, 0.15) is 41.9 Å². The summed E-state index contributed by atoms with van der Waals surface area (Å²) in [5.41, 5.74) is 1.19. The maximum absolute atomic E-state index is 14.3. The standard InChI is InChI=1S/C37H46F4N8O5/c1-23(2)49(21-37(39,40)41)34(50)27-16-25(38)6-7-30(27)53-33-32(43-22-44-45-33)47-14-9-26(10-15-47)52-31-8-12-42-29-11-13-46(20-28(29)31)17-24-18-48(19-24)35(51)54-36(3,4)5/h6-8,12,16,22-24,26H,9-11,13-15,17-21H2,1-5H3. The minimum atomic E-state index is -4.66. The summed E-state index contributed by atoms with van der Waals surface area (Å²) in [5, 5.41) is 7.89. The normalized spacial score (nSPS) is 17.2. The molecule has 2 aromatic heterocycles. The number of hydrogen-bond donors (Lipinski definition) is 0. The molecule has 6 rings (SSSR count). The van der Waals surface area contributed by atoms with E-state index in [0.29, 0.717) is 62.2 Å². The first-order valence-corrected chi connectivity index (χ1v) is 18.1. The molecule has 2 saturated heterocycles. The fourth-order valence-corrected chi connectivity index (χ4v) is 6.87. The van der Waals surface area contributed by atoms with Gasteiger partial charge in [0.15, 0.2) is 5.82 Å². The summed E-state index contributed by atoms with van der Waals surface area (Å²) >= 11 is 0. The van der Waals surface area contributed by atoms with Crippen LogP contribution in [-0.2, 0) is 17.7 Å². The third-order valence-electron chi connectivity index (χ3n) is 9.49. The van der Waals surface area contributed by atoms with Crippen molar-refractivity contribution < 1.29 is 41.4 Å². The Morgan fingerprint density at radius 3 is 2.44 bits per heavy atom. The molecule has 1 aromatic carbocycles. The lowest BCUT2D eigenvalue weighted by molar-refractivity contribution is -0.143. The first kappa shape index (κ1) is 38.9. The first-order valence-electron chi connectivity index (χ1n) is 18.1. The summed E-state index contributed by atoms with van der Waals surface area (Å²) in [4.78, 5) is 41.4. The molecule has 54 heavy (non-hydrogen) atoms. The number of benzene rings is 1. The van der Waals surface area contributed by atoms with Gasteiger partial charge in [-0.2, -0.15) is 13.2 Å². The number of carbonyl (C=O) groups excluding carboxylic acids is 2. The lowest BCUT2D eigenvalue weighted by atomic mass is 9.97. The molecule has 0 spiro atoms. The number of nitrogens with zero attached hydrogens (tertiary/aromatic N) is 8. The van der Waals surface area contributed by atoms with Crippen LogP contribution in [0.4, 0.5) is 28.2 Å². The summed E-state index contributed by atoms with van der Waals surface area (Å²) in [5.74, 6) is -0.612. The molecular weight excluding hydrogens is 712 g/mol. The largest absolute Gasteiger partial charge is 0.490 e. The highest BCUT2D eigenvalue weighted by molar-refractivity contribution is 5.97. The molecule has 0 atom stereocenters. The zero-order valence-electron chi connectivity index (χ0n) is 31.1. The average molecular weight is 759 g/mol. The van der Waals surface area contributed by atoms with E-state index < -0.39 is 36.1 Å². The van der Waals surface area contributed by atoms with Crippen molar-refractivity contribution in [3.8, 4) is 17.4 Å². The number of alkyl halides is 3. The van der Waals surface area contributed by atoms with Crippen molar-refractivity contribution in [2.75, 3.05) is 50.7 Å². The number of halogens is 4. The zero-order chi connectivity index (χ0) is 38.8. The second-order valence-electron chi connectivity index (χ2n) is 15.2. The van der Waals surface area contributed by atoms with E-state index in [1.807, 2.05) is 31.7 Å². The van der Waals surface area contributed by atoms with Crippen LogP contribution in [0.3, 0.4) is 0 Å². The van der Waals surface area contributed by atoms with E-state index in [1.54, 1.807) is 11.1 Å². The Hall–Kier alpha value is -4.80. The molecule has 0 bridgehead atoms. The number of aromatic nitrogens is 4. The summed E-state index contributed by atoms with van der Waals surface area (Å²) in [7, 11) is 0. The maximum atomic E-state index is 14.3. The van der Waals surface area contributed by atoms with Crippen molar-refractivity contribution in [2.45, 2.75) is 84.3 Å². The molecule has 2 amide bonds. The number of amides is 2. The van der Waals surface area contributed by atoms with E-state index in [1.165, 1.54) is 26.2 Å². The van der Waals surface area contributed by atoms with Gasteiger partial charge in [0, 0.05) is 94.5 Å². The highest BCUT2D eigenvalue weighted by Crippen LogP contribution is 2.35. The predicted molar refractivity (Wildman–Crippen MR) is 189 cm³/mol. The van der Waals surface area contributed by atoms with Gasteiger partial charge in [-0.05, 0) is 58.9 Å². The smallest absolute Gasteiger partial charge is 0.410 e. The summed E-state index contributed by atoms with van der Waals surface area (Å²) < 4.78 is 72.4. The fraction of sp³-hybridized carbons (Fsp3) is 0.568. The van der Waals surface area contributed by atoms with Crippen LogP contribution in [0.25, 0.3) is 0 Å². The number of piperidine rings is 1. The van der Waals surface area contributed by atoms with Crippen molar-refractivity contribution in [3.63, 3.8) is 0 Å². The second kappa shape index (κ2) is 15.9. The second-order valence-corrected chi connectivity index (χ2v) is 15.2. The number of likely N-dealkylation sites (tertiary alicyclic amines) is 1. The molecule has 0 radical (unpaired) electrons. The molecule has 3 aromatic rings. The van der Waals surface area contributed by atoms with E-state index in [0.717, 1.165) is 48.6 Å². The van der Waals surface area contributed by atoms with Gasteiger partial charge in [-0.15, -0.1) is 10.2 Å². The molecular formula is C37H46F4N8O5. The number of fused-ring (bicyclic) bond motifs is 1. The zero-order valence-corrected chi connectivity index (χ0v) is 31.1. The molecule has 0 aliphatic carbocycles. The Morgan fingerprint density at radius 1 is 1.02 bits per heavy atom. The first-order chi connectivity index (χ1) is 25.5. The van der Waals surface area contributed by atoms with Crippen LogP contribution in [0.5, 0.6) is 17.4 Å². The quantitative estimate of drug-likeness (QED) is 0.230. The molecule has 13 nitrogen and oxygen atoms in total. The molecule has 292 valence electrons. The Balaban J connectivity index is 1.07. The summed E-state index contributed by atoms with van der Waals surface area (Å²) in [6.07, 6.45) is 0.0547. The molecule has 17 heteroatoms. The van der Waals surface area contributed by atoms with E-state index >= 15 is 0 Å². The van der Waals surface area contributed by atoms with Crippen LogP contribution in [0.15, 0.2) is 36.8 Å². The average Bonchev–Trinajstić information content (AvgIpc) is 3.08. The lowest BCUT2D eigenvalue weighted by Crippen LogP contribution is -2.55. The maximum Gasteiger partial charge on any atom is 0.410 e. The van der Waals surface area contributed by atoms with Gasteiger partial charge in [0.05, 0.1) is 5.56 Å². The number of hydrogen-bond acceptors (Lipinski definition) is 11.